The highest BCUT2D eigenvalue weighted by atomic mass is 14.0. The second kappa shape index (κ2) is 5.64. The van der Waals surface area contributed by atoms with Gasteiger partial charge in [-0.15, -0.1) is 0 Å². The number of benzene rings is 1. The molecule has 0 aliphatic heterocycles. The molecule has 14 heavy (non-hydrogen) atoms. The van der Waals surface area contributed by atoms with Crippen molar-refractivity contribution >= 4 is 6.08 Å². The molecular formula is C14H20. The molecule has 0 saturated carbocycles. The van der Waals surface area contributed by atoms with E-state index in [4.69, 9.17) is 0 Å². The molecule has 0 atom stereocenters. The highest BCUT2D eigenvalue weighted by molar-refractivity contribution is 5.52. The predicted octanol–water partition coefficient (Wildman–Crippen LogP) is 4.37. The van der Waals surface area contributed by atoms with Crippen LogP contribution in [-0.2, 0) is 6.42 Å². The molecule has 0 spiro atoms. The molecule has 0 saturated heterocycles. The van der Waals surface area contributed by atoms with Gasteiger partial charge >= 0.3 is 0 Å². The molecule has 0 aliphatic rings. The smallest absolute Gasteiger partial charge is 0.0230 e. The summed E-state index contributed by atoms with van der Waals surface area (Å²) in [4.78, 5) is 0. The summed E-state index contributed by atoms with van der Waals surface area (Å²) in [6.07, 6.45) is 7.05. The molecule has 0 aromatic heterocycles. The predicted molar refractivity (Wildman–Crippen MR) is 64.5 cm³/mol. The largest absolute Gasteiger partial charge is 0.0985 e. The van der Waals surface area contributed by atoms with Crippen LogP contribution < -0.4 is 0 Å². The summed E-state index contributed by atoms with van der Waals surface area (Å²) in [5.41, 5.74) is 4.10. The first kappa shape index (κ1) is 11.0. The lowest BCUT2D eigenvalue weighted by molar-refractivity contribution is 0.716. The van der Waals surface area contributed by atoms with E-state index in [1.54, 1.807) is 0 Å². The number of hydrogen-bond donors (Lipinski definition) is 0. The molecule has 76 valence electrons. The van der Waals surface area contributed by atoms with Gasteiger partial charge in [0, 0.05) is 0 Å². The molecule has 0 N–H and O–H groups in total. The monoisotopic (exact) mass is 188 g/mol. The van der Waals surface area contributed by atoms with E-state index >= 15 is 0 Å². The van der Waals surface area contributed by atoms with Crippen LogP contribution in [0.3, 0.4) is 0 Å². The second-order valence-electron chi connectivity index (χ2n) is 3.86. The van der Waals surface area contributed by atoms with Crippen molar-refractivity contribution in [1.82, 2.24) is 0 Å². The summed E-state index contributed by atoms with van der Waals surface area (Å²) in [6.45, 7) is 8.24. The second-order valence-corrected chi connectivity index (χ2v) is 3.86. The lowest BCUT2D eigenvalue weighted by Gasteiger charge is -2.06. The lowest BCUT2D eigenvalue weighted by Crippen LogP contribution is -1.90. The molecule has 0 bridgehead atoms. The van der Waals surface area contributed by atoms with Crippen LogP contribution in [0.15, 0.2) is 24.8 Å². The molecule has 1 aromatic carbocycles. The summed E-state index contributed by atoms with van der Waals surface area (Å²) in [5, 5.41) is 0. The molecule has 0 aliphatic carbocycles. The molecular weight excluding hydrogens is 168 g/mol. The molecule has 0 amide bonds. The third kappa shape index (κ3) is 3.02. The van der Waals surface area contributed by atoms with Crippen LogP contribution in [0.5, 0.6) is 0 Å². The Balaban J connectivity index is 2.72. The summed E-state index contributed by atoms with van der Waals surface area (Å²) < 4.78 is 0. The Hall–Kier alpha value is -1.04. The maximum atomic E-state index is 3.85. The van der Waals surface area contributed by atoms with Crippen LogP contribution in [0.4, 0.5) is 0 Å². The van der Waals surface area contributed by atoms with E-state index in [-0.39, 0.29) is 0 Å². The third-order valence-electron chi connectivity index (χ3n) is 2.57. The number of hydrogen-bond acceptors (Lipinski definition) is 0. The zero-order chi connectivity index (χ0) is 10.4. The lowest BCUT2D eigenvalue weighted by atomic mass is 9.99. The Labute approximate surface area is 87.7 Å². The van der Waals surface area contributed by atoms with Crippen LogP contribution in [0.25, 0.3) is 6.08 Å². The van der Waals surface area contributed by atoms with Crippen molar-refractivity contribution in [1.29, 1.82) is 0 Å². The van der Waals surface area contributed by atoms with Gasteiger partial charge in [0.15, 0.2) is 0 Å². The van der Waals surface area contributed by atoms with Crippen molar-refractivity contribution < 1.29 is 0 Å². The van der Waals surface area contributed by atoms with Crippen LogP contribution in [0, 0.1) is 6.92 Å². The van der Waals surface area contributed by atoms with Gasteiger partial charge in [0.05, 0.1) is 0 Å². The number of unbranched alkanes of at least 4 members (excludes halogenated alkanes) is 2. The van der Waals surface area contributed by atoms with Crippen LogP contribution >= 0.6 is 0 Å². The van der Waals surface area contributed by atoms with Gasteiger partial charge in [-0.1, -0.05) is 56.2 Å². The molecule has 0 heteroatoms. The molecule has 0 unspecified atom stereocenters. The number of rotatable bonds is 5. The SMILES string of the molecule is C=Cc1ccc(C)cc1CCCCC. The fraction of sp³-hybridized carbons (Fsp3) is 0.429. The first-order valence-corrected chi connectivity index (χ1v) is 5.50. The minimum atomic E-state index is 1.19. The highest BCUT2D eigenvalue weighted by Crippen LogP contribution is 2.16. The van der Waals surface area contributed by atoms with Gasteiger partial charge < -0.3 is 0 Å². The average molecular weight is 188 g/mol. The van der Waals surface area contributed by atoms with E-state index in [2.05, 4.69) is 38.6 Å². The van der Waals surface area contributed by atoms with Crippen LogP contribution in [0.1, 0.15) is 42.9 Å². The van der Waals surface area contributed by atoms with Gasteiger partial charge in [-0.2, -0.15) is 0 Å². The average Bonchev–Trinajstić information content (AvgIpc) is 2.19. The zero-order valence-corrected chi connectivity index (χ0v) is 9.34. The van der Waals surface area contributed by atoms with Crippen molar-refractivity contribution in [2.45, 2.75) is 39.5 Å². The van der Waals surface area contributed by atoms with Gasteiger partial charge in [0.2, 0.25) is 0 Å². The normalized spacial score (nSPS) is 10.1. The quantitative estimate of drug-likeness (QED) is 0.602. The van der Waals surface area contributed by atoms with E-state index < -0.39 is 0 Å². The third-order valence-corrected chi connectivity index (χ3v) is 2.57. The maximum Gasteiger partial charge on any atom is -0.0230 e. The van der Waals surface area contributed by atoms with Gasteiger partial charge in [0.1, 0.15) is 0 Å². The van der Waals surface area contributed by atoms with E-state index in [0.29, 0.717) is 0 Å². The first-order valence-electron chi connectivity index (χ1n) is 5.50. The minimum absolute atomic E-state index is 1.19. The van der Waals surface area contributed by atoms with Crippen molar-refractivity contribution in [2.75, 3.05) is 0 Å². The van der Waals surface area contributed by atoms with Crippen molar-refractivity contribution in [3.8, 4) is 0 Å². The van der Waals surface area contributed by atoms with Gasteiger partial charge in [-0.25, -0.2) is 0 Å². The molecule has 1 rings (SSSR count). The Kier molecular flexibility index (Phi) is 4.45. The molecule has 0 nitrogen and oxygen atoms in total. The van der Waals surface area contributed by atoms with Crippen molar-refractivity contribution in [3.05, 3.63) is 41.5 Å². The van der Waals surface area contributed by atoms with Crippen molar-refractivity contribution in [2.24, 2.45) is 0 Å². The topological polar surface area (TPSA) is 0 Å². The Bertz CT molecular complexity index is 297. The van der Waals surface area contributed by atoms with Crippen LogP contribution in [0.2, 0.25) is 0 Å². The highest BCUT2D eigenvalue weighted by Gasteiger charge is 1.99. The fourth-order valence-corrected chi connectivity index (χ4v) is 1.72. The van der Waals surface area contributed by atoms with Gasteiger partial charge in [0.25, 0.3) is 0 Å². The van der Waals surface area contributed by atoms with E-state index in [1.165, 1.54) is 42.4 Å². The standard InChI is InChI=1S/C14H20/c1-4-6-7-8-14-11-12(3)9-10-13(14)5-2/h5,9-11H,2,4,6-8H2,1,3H3. The summed E-state index contributed by atoms with van der Waals surface area (Å²) >= 11 is 0. The summed E-state index contributed by atoms with van der Waals surface area (Å²) in [5.74, 6) is 0. The minimum Gasteiger partial charge on any atom is -0.0985 e. The molecule has 1 aromatic rings. The fourth-order valence-electron chi connectivity index (χ4n) is 1.72. The van der Waals surface area contributed by atoms with E-state index in [0.717, 1.165) is 0 Å². The Morgan fingerprint density at radius 3 is 2.71 bits per heavy atom. The van der Waals surface area contributed by atoms with Gasteiger partial charge in [-0.05, 0) is 30.9 Å². The molecule has 0 heterocycles. The Morgan fingerprint density at radius 1 is 1.29 bits per heavy atom. The number of aryl methyl sites for hydroxylation is 2. The van der Waals surface area contributed by atoms with Crippen molar-refractivity contribution in [3.63, 3.8) is 0 Å². The molecule has 0 radical (unpaired) electrons. The zero-order valence-electron chi connectivity index (χ0n) is 9.34. The van der Waals surface area contributed by atoms with Gasteiger partial charge in [-0.3, -0.25) is 0 Å². The van der Waals surface area contributed by atoms with E-state index in [9.17, 15) is 0 Å². The summed E-state index contributed by atoms with van der Waals surface area (Å²) in [7, 11) is 0. The van der Waals surface area contributed by atoms with E-state index in [1.807, 2.05) is 6.08 Å². The van der Waals surface area contributed by atoms with Crippen LogP contribution in [-0.4, -0.2) is 0 Å². The Morgan fingerprint density at radius 2 is 2.07 bits per heavy atom. The summed E-state index contributed by atoms with van der Waals surface area (Å²) in [6, 6.07) is 6.61. The maximum absolute atomic E-state index is 3.85. The first-order chi connectivity index (χ1) is 6.77. The molecule has 0 fully saturated rings.